The molecule has 2 rings (SSSR count). The van der Waals surface area contributed by atoms with Crippen LogP contribution in [0.5, 0.6) is 0 Å². The van der Waals surface area contributed by atoms with Gasteiger partial charge in [0.05, 0.1) is 0 Å². The summed E-state index contributed by atoms with van der Waals surface area (Å²) in [5.74, 6) is 0.398. The first-order valence-electron chi connectivity index (χ1n) is 6.88. The lowest BCUT2D eigenvalue weighted by Crippen LogP contribution is -2.51. The van der Waals surface area contributed by atoms with Crippen molar-refractivity contribution in [2.45, 2.75) is 13.3 Å². The summed E-state index contributed by atoms with van der Waals surface area (Å²) in [6.45, 7) is 2.30. The van der Waals surface area contributed by atoms with Crippen LogP contribution in [0.2, 0.25) is 0 Å². The van der Waals surface area contributed by atoms with Gasteiger partial charge in [-0.2, -0.15) is 8.42 Å². The van der Waals surface area contributed by atoms with Gasteiger partial charge in [0.1, 0.15) is 5.69 Å². The minimum absolute atomic E-state index is 0. The third-order valence-corrected chi connectivity index (χ3v) is 3.57. The first kappa shape index (κ1) is 19.6. The number of hydrogen-bond donors (Lipinski definition) is 2. The number of nitrogen functional groups attached to an aromatic ring is 1. The molecule has 132 valence electrons. The number of aromatic nitrogens is 2. The summed E-state index contributed by atoms with van der Waals surface area (Å²) in [4.78, 5) is 5.99. The van der Waals surface area contributed by atoms with Crippen LogP contribution in [0, 0.1) is 6.92 Å². The van der Waals surface area contributed by atoms with E-state index in [1.165, 1.54) is 5.56 Å². The van der Waals surface area contributed by atoms with E-state index in [9.17, 15) is 8.42 Å². The standard InChI is InChI=1S/C14H18N4O4S.H2O/c1-11-10-13(16-14(15)18(11)22-23(19,20)21)17(2)9-8-12-6-4-3-5-7-12;/h3-7,10,15H,8-9H2,1-2H3,(H,19,20,21);1H2. The molecule has 1 aromatic carbocycles. The van der Waals surface area contributed by atoms with Gasteiger partial charge in [0.15, 0.2) is 0 Å². The highest BCUT2D eigenvalue weighted by atomic mass is 32.3. The van der Waals surface area contributed by atoms with Gasteiger partial charge in [-0.05, 0) is 23.6 Å². The number of anilines is 2. The highest BCUT2D eigenvalue weighted by molar-refractivity contribution is 7.80. The Labute approximate surface area is 140 Å². The molecule has 0 atom stereocenters. The van der Waals surface area contributed by atoms with Gasteiger partial charge in [-0.15, -0.1) is 0 Å². The van der Waals surface area contributed by atoms with Gasteiger partial charge >= 0.3 is 16.3 Å². The first-order chi connectivity index (χ1) is 10.8. The van der Waals surface area contributed by atoms with Crippen LogP contribution in [0.15, 0.2) is 36.4 Å². The van der Waals surface area contributed by atoms with Gasteiger partial charge in [0.2, 0.25) is 5.82 Å². The van der Waals surface area contributed by atoms with Crippen molar-refractivity contribution in [3.05, 3.63) is 47.7 Å². The van der Waals surface area contributed by atoms with E-state index in [1.54, 1.807) is 13.0 Å². The van der Waals surface area contributed by atoms with Gasteiger partial charge < -0.3 is 10.4 Å². The van der Waals surface area contributed by atoms with Crippen molar-refractivity contribution in [2.24, 2.45) is 0 Å². The maximum atomic E-state index is 10.8. The molecular formula is C14H20N4O5S. The molecule has 0 aliphatic heterocycles. The topological polar surface area (TPSA) is 140 Å². The van der Waals surface area contributed by atoms with E-state index in [0.717, 1.165) is 11.2 Å². The summed E-state index contributed by atoms with van der Waals surface area (Å²) >= 11 is 0. The predicted molar refractivity (Wildman–Crippen MR) is 87.1 cm³/mol. The SMILES string of the molecule is Cc1cc(N(C)CCc2ccccc2)nc(N)[n+]1OS(=O)(=O)O.[OH-]. The van der Waals surface area contributed by atoms with Crippen molar-refractivity contribution >= 4 is 22.2 Å². The van der Waals surface area contributed by atoms with E-state index in [4.69, 9.17) is 10.3 Å². The third-order valence-electron chi connectivity index (χ3n) is 3.23. The predicted octanol–water partition coefficient (Wildman–Crippen LogP) is -0.00678. The van der Waals surface area contributed by atoms with Crippen molar-refractivity contribution in [3.8, 4) is 0 Å². The molecule has 24 heavy (non-hydrogen) atoms. The van der Waals surface area contributed by atoms with Crippen molar-refractivity contribution in [1.82, 2.24) is 4.98 Å². The zero-order valence-corrected chi connectivity index (χ0v) is 14.1. The molecule has 0 spiro atoms. The minimum Gasteiger partial charge on any atom is -0.870 e. The van der Waals surface area contributed by atoms with Crippen LogP contribution in [-0.4, -0.2) is 37.0 Å². The maximum absolute atomic E-state index is 10.8. The monoisotopic (exact) mass is 356 g/mol. The molecule has 10 heteroatoms. The quantitative estimate of drug-likeness (QED) is 0.544. The first-order valence-corrected chi connectivity index (χ1v) is 8.24. The summed E-state index contributed by atoms with van der Waals surface area (Å²) in [5, 5.41) is 0. The highest BCUT2D eigenvalue weighted by Gasteiger charge is 2.21. The second kappa shape index (κ2) is 7.90. The number of likely N-dealkylation sites (N-methyl/N-ethyl adjacent to an activating group) is 1. The van der Waals surface area contributed by atoms with Crippen molar-refractivity contribution in [1.29, 1.82) is 0 Å². The zero-order chi connectivity index (χ0) is 17.0. The second-order valence-electron chi connectivity index (χ2n) is 5.07. The van der Waals surface area contributed by atoms with Gasteiger partial charge in [-0.3, -0.25) is 10.3 Å². The van der Waals surface area contributed by atoms with Crippen LogP contribution in [0.25, 0.3) is 0 Å². The van der Waals surface area contributed by atoms with E-state index in [1.807, 2.05) is 42.3 Å². The minimum atomic E-state index is -4.67. The molecule has 0 bridgehead atoms. The molecule has 0 aliphatic rings. The lowest BCUT2D eigenvalue weighted by molar-refractivity contribution is -0.851. The molecule has 4 N–H and O–H groups in total. The molecule has 0 aliphatic carbocycles. The molecular weight excluding hydrogens is 336 g/mol. The number of aryl methyl sites for hydroxylation is 1. The molecule has 1 aromatic heterocycles. The molecule has 0 fully saturated rings. The fourth-order valence-corrected chi connectivity index (χ4v) is 2.45. The second-order valence-corrected chi connectivity index (χ2v) is 6.07. The average Bonchev–Trinajstić information content (AvgIpc) is 2.48. The van der Waals surface area contributed by atoms with Crippen molar-refractivity contribution < 1.29 is 27.5 Å². The molecule has 0 unspecified atom stereocenters. The van der Waals surface area contributed by atoms with E-state index in [2.05, 4.69) is 9.27 Å². The molecule has 9 nitrogen and oxygen atoms in total. The fourth-order valence-electron chi connectivity index (χ4n) is 2.06. The van der Waals surface area contributed by atoms with Crippen LogP contribution >= 0.6 is 0 Å². The van der Waals surface area contributed by atoms with E-state index < -0.39 is 10.4 Å². The van der Waals surface area contributed by atoms with Gasteiger partial charge in [0, 0.05) is 19.7 Å². The van der Waals surface area contributed by atoms with E-state index in [0.29, 0.717) is 18.1 Å². The zero-order valence-electron chi connectivity index (χ0n) is 13.3. The summed E-state index contributed by atoms with van der Waals surface area (Å²) in [5.41, 5.74) is 7.28. The van der Waals surface area contributed by atoms with Crippen LogP contribution in [-0.2, 0) is 16.8 Å². The Morgan fingerprint density at radius 3 is 2.50 bits per heavy atom. The maximum Gasteiger partial charge on any atom is 0.476 e. The molecule has 0 saturated heterocycles. The normalized spacial score (nSPS) is 10.8. The number of nitrogens with zero attached hydrogens (tertiary/aromatic N) is 3. The van der Waals surface area contributed by atoms with Crippen LogP contribution in [0.3, 0.4) is 0 Å². The van der Waals surface area contributed by atoms with E-state index >= 15 is 0 Å². The Morgan fingerprint density at radius 2 is 1.96 bits per heavy atom. The summed E-state index contributed by atoms with van der Waals surface area (Å²) in [6.07, 6.45) is 0.828. The summed E-state index contributed by atoms with van der Waals surface area (Å²) in [7, 11) is -2.81. The summed E-state index contributed by atoms with van der Waals surface area (Å²) < 4.78 is 35.5. The molecule has 0 saturated carbocycles. The van der Waals surface area contributed by atoms with E-state index in [-0.39, 0.29) is 11.4 Å². The average molecular weight is 356 g/mol. The Kier molecular flexibility index (Phi) is 6.46. The molecule has 0 amide bonds. The Hall–Kier alpha value is -2.43. The Bertz CT molecular complexity index is 760. The lowest BCUT2D eigenvalue weighted by Gasteiger charge is -2.16. The van der Waals surface area contributed by atoms with Crippen LogP contribution in [0.1, 0.15) is 11.3 Å². The van der Waals surface area contributed by atoms with Gasteiger partial charge in [0.25, 0.3) is 0 Å². The number of rotatable bonds is 6. The largest absolute Gasteiger partial charge is 0.870 e. The highest BCUT2D eigenvalue weighted by Crippen LogP contribution is 2.12. The lowest BCUT2D eigenvalue weighted by atomic mass is 10.1. The van der Waals surface area contributed by atoms with Crippen molar-refractivity contribution in [3.63, 3.8) is 0 Å². The Balaban J connectivity index is 0.00000288. The summed E-state index contributed by atoms with van der Waals surface area (Å²) in [6, 6.07) is 11.6. The van der Waals surface area contributed by atoms with Gasteiger partial charge in [-0.1, -0.05) is 35.3 Å². The molecule has 2 aromatic rings. The third kappa shape index (κ3) is 5.33. The number of benzene rings is 1. The fraction of sp³-hybridized carbons (Fsp3) is 0.286. The van der Waals surface area contributed by atoms with Gasteiger partial charge in [-0.25, -0.2) is 4.28 Å². The van der Waals surface area contributed by atoms with Crippen LogP contribution < -0.4 is 19.6 Å². The Morgan fingerprint density at radius 1 is 1.33 bits per heavy atom. The molecule has 0 radical (unpaired) electrons. The smallest absolute Gasteiger partial charge is 0.476 e. The number of hydrogen-bond acceptors (Lipinski definition) is 7. The van der Waals surface area contributed by atoms with Crippen molar-refractivity contribution in [2.75, 3.05) is 24.2 Å². The van der Waals surface area contributed by atoms with Crippen LogP contribution in [0.4, 0.5) is 11.8 Å². The molecule has 1 heterocycles. The number of nitrogens with two attached hydrogens (primary N) is 1.